The van der Waals surface area contributed by atoms with Crippen molar-refractivity contribution in [3.8, 4) is 0 Å². The van der Waals surface area contributed by atoms with E-state index in [0.717, 1.165) is 0 Å². The van der Waals surface area contributed by atoms with Crippen LogP contribution in [0.15, 0.2) is 47.5 Å². The smallest absolute Gasteiger partial charge is 0.264 e. The summed E-state index contributed by atoms with van der Waals surface area (Å²) in [6.45, 7) is -0.0368. The molecule has 0 radical (unpaired) electrons. The molecule has 0 saturated carbocycles. The van der Waals surface area contributed by atoms with Crippen molar-refractivity contribution in [1.29, 1.82) is 0 Å². The largest absolute Gasteiger partial charge is 0.264 e. The van der Waals surface area contributed by atoms with E-state index in [1.54, 1.807) is 0 Å². The number of aromatic nitrogens is 2. The Labute approximate surface area is 174 Å². The minimum absolute atomic E-state index is 0.0133. The number of nitrogens with zero attached hydrogens (tertiary/aromatic N) is 2. The van der Waals surface area contributed by atoms with Crippen molar-refractivity contribution < 1.29 is 12.8 Å². The number of hydrogen-bond donors (Lipinski definition) is 1. The van der Waals surface area contributed by atoms with Gasteiger partial charge in [0.2, 0.25) is 0 Å². The highest BCUT2D eigenvalue weighted by molar-refractivity contribution is 7.92. The normalized spacial score (nSPS) is 11.6. The zero-order valence-corrected chi connectivity index (χ0v) is 17.1. The number of anilines is 1. The first-order valence-electron chi connectivity index (χ1n) is 7.31. The Hall–Kier alpha value is -1.51. The lowest BCUT2D eigenvalue weighted by Gasteiger charge is -2.08. The van der Waals surface area contributed by atoms with Crippen molar-refractivity contribution in [2.75, 3.05) is 4.72 Å². The standard InChI is InChI=1S/C16H10Cl4FN3O2S/c17-9-4-5-12(19)15(6-9)27(25,26)23-16-13(20)8-24(22-16)7-10-11(18)2-1-3-14(10)21/h1-6,8H,7H2,(H,22,23). The van der Waals surface area contributed by atoms with E-state index >= 15 is 0 Å². The molecule has 0 unspecified atom stereocenters. The number of hydrogen-bond acceptors (Lipinski definition) is 3. The maximum Gasteiger partial charge on any atom is 0.264 e. The second kappa shape index (κ2) is 7.85. The van der Waals surface area contributed by atoms with Crippen LogP contribution in [0.2, 0.25) is 20.1 Å². The first kappa shape index (κ1) is 20.2. The van der Waals surface area contributed by atoms with E-state index in [2.05, 4.69) is 9.82 Å². The maximum atomic E-state index is 13.9. The van der Waals surface area contributed by atoms with Gasteiger partial charge in [0, 0.05) is 21.8 Å². The topological polar surface area (TPSA) is 64.0 Å². The molecule has 1 heterocycles. The Bertz CT molecular complexity index is 1100. The predicted octanol–water partition coefficient (Wildman–Crippen LogP) is 5.48. The average molecular weight is 469 g/mol. The van der Waals surface area contributed by atoms with E-state index in [1.807, 2.05) is 0 Å². The molecule has 27 heavy (non-hydrogen) atoms. The molecule has 0 fully saturated rings. The van der Waals surface area contributed by atoms with Gasteiger partial charge in [-0.2, -0.15) is 5.10 Å². The van der Waals surface area contributed by atoms with Crippen molar-refractivity contribution in [1.82, 2.24) is 9.78 Å². The number of sulfonamides is 1. The maximum absolute atomic E-state index is 13.9. The van der Waals surface area contributed by atoms with Crippen molar-refractivity contribution in [2.45, 2.75) is 11.4 Å². The summed E-state index contributed by atoms with van der Waals surface area (Å²) < 4.78 is 42.6. The summed E-state index contributed by atoms with van der Waals surface area (Å²) in [6, 6.07) is 8.30. The molecule has 0 aliphatic heterocycles. The highest BCUT2D eigenvalue weighted by atomic mass is 35.5. The number of halogens is 5. The molecule has 2 aromatic carbocycles. The summed E-state index contributed by atoms with van der Waals surface area (Å²) in [6.07, 6.45) is 1.35. The molecule has 1 N–H and O–H groups in total. The van der Waals surface area contributed by atoms with E-state index in [9.17, 15) is 12.8 Å². The Morgan fingerprint density at radius 3 is 2.48 bits per heavy atom. The van der Waals surface area contributed by atoms with Crippen molar-refractivity contribution in [3.63, 3.8) is 0 Å². The molecule has 0 spiro atoms. The van der Waals surface area contributed by atoms with Crippen LogP contribution in [0.5, 0.6) is 0 Å². The van der Waals surface area contributed by atoms with E-state index in [4.69, 9.17) is 46.4 Å². The summed E-state index contributed by atoms with van der Waals surface area (Å²) in [4.78, 5) is -0.223. The molecular formula is C16H10Cl4FN3O2S. The van der Waals surface area contributed by atoms with Crippen molar-refractivity contribution in [2.24, 2.45) is 0 Å². The van der Waals surface area contributed by atoms with Gasteiger partial charge >= 0.3 is 0 Å². The van der Waals surface area contributed by atoms with Crippen LogP contribution in [-0.2, 0) is 16.6 Å². The highest BCUT2D eigenvalue weighted by Crippen LogP contribution is 2.29. The van der Waals surface area contributed by atoms with Crippen LogP contribution in [0, 0.1) is 5.82 Å². The first-order valence-corrected chi connectivity index (χ1v) is 10.3. The molecule has 1 aromatic heterocycles. The lowest BCUT2D eigenvalue weighted by molar-refractivity contribution is 0.585. The Morgan fingerprint density at radius 1 is 1.04 bits per heavy atom. The third-order valence-corrected chi connectivity index (χ3v) is 6.20. The second-order valence-corrected chi connectivity index (χ2v) is 8.71. The van der Waals surface area contributed by atoms with Crippen LogP contribution in [0.3, 0.4) is 0 Å². The SMILES string of the molecule is O=S(=O)(Nc1nn(Cc2c(F)cccc2Cl)cc1Cl)c1cc(Cl)ccc1Cl. The molecule has 3 aromatic rings. The van der Waals surface area contributed by atoms with Crippen molar-refractivity contribution in [3.05, 3.63) is 74.1 Å². The average Bonchev–Trinajstić information content (AvgIpc) is 2.92. The minimum atomic E-state index is -4.09. The number of rotatable bonds is 5. The monoisotopic (exact) mass is 467 g/mol. The molecule has 0 atom stereocenters. The predicted molar refractivity (Wildman–Crippen MR) is 105 cm³/mol. The molecule has 0 aliphatic rings. The second-order valence-electron chi connectivity index (χ2n) is 5.40. The summed E-state index contributed by atoms with van der Waals surface area (Å²) in [5.41, 5.74) is 0.200. The zero-order valence-electron chi connectivity index (χ0n) is 13.3. The van der Waals surface area contributed by atoms with E-state index in [0.29, 0.717) is 0 Å². The molecule has 0 amide bonds. The summed E-state index contributed by atoms with van der Waals surface area (Å²) in [7, 11) is -4.09. The highest BCUT2D eigenvalue weighted by Gasteiger charge is 2.22. The lowest BCUT2D eigenvalue weighted by Crippen LogP contribution is -2.14. The van der Waals surface area contributed by atoms with Crippen LogP contribution < -0.4 is 4.72 Å². The molecule has 142 valence electrons. The van der Waals surface area contributed by atoms with Gasteiger partial charge in [-0.3, -0.25) is 9.40 Å². The molecule has 5 nitrogen and oxygen atoms in total. The van der Waals surface area contributed by atoms with Gasteiger partial charge in [0.15, 0.2) is 5.82 Å². The Balaban J connectivity index is 1.90. The molecule has 0 aliphatic carbocycles. The van der Waals surface area contributed by atoms with Crippen molar-refractivity contribution >= 4 is 62.2 Å². The first-order chi connectivity index (χ1) is 12.7. The fourth-order valence-electron chi connectivity index (χ4n) is 2.26. The zero-order chi connectivity index (χ0) is 19.8. The summed E-state index contributed by atoms with van der Waals surface area (Å²) in [5, 5.41) is 4.46. The van der Waals surface area contributed by atoms with Gasteiger partial charge in [0.25, 0.3) is 10.0 Å². The lowest BCUT2D eigenvalue weighted by atomic mass is 10.2. The Morgan fingerprint density at radius 2 is 1.78 bits per heavy atom. The molecule has 3 rings (SSSR count). The van der Waals surface area contributed by atoms with Gasteiger partial charge in [-0.05, 0) is 30.3 Å². The van der Waals surface area contributed by atoms with Gasteiger partial charge in [0.1, 0.15) is 15.7 Å². The number of nitrogens with one attached hydrogen (secondary N) is 1. The summed E-state index contributed by atoms with van der Waals surface area (Å²) >= 11 is 23.8. The van der Waals surface area contributed by atoms with E-state index in [-0.39, 0.29) is 42.9 Å². The third-order valence-electron chi connectivity index (χ3n) is 3.51. The van der Waals surface area contributed by atoms with Gasteiger partial charge < -0.3 is 0 Å². The van der Waals surface area contributed by atoms with Gasteiger partial charge in [-0.1, -0.05) is 52.5 Å². The molecule has 0 bridgehead atoms. The molecule has 0 saturated heterocycles. The summed E-state index contributed by atoms with van der Waals surface area (Å²) in [5.74, 6) is -0.651. The van der Waals surface area contributed by atoms with Crippen LogP contribution in [0.1, 0.15) is 5.56 Å². The fourth-order valence-corrected chi connectivity index (χ4v) is 4.52. The van der Waals surface area contributed by atoms with E-state index < -0.39 is 15.8 Å². The number of benzene rings is 2. The third kappa shape index (κ3) is 4.50. The Kier molecular flexibility index (Phi) is 5.88. The van der Waals surface area contributed by atoms with Gasteiger partial charge in [0.05, 0.1) is 11.6 Å². The van der Waals surface area contributed by atoms with Crippen LogP contribution >= 0.6 is 46.4 Å². The fraction of sp³-hybridized carbons (Fsp3) is 0.0625. The molecular weight excluding hydrogens is 459 g/mol. The van der Waals surface area contributed by atoms with Gasteiger partial charge in [-0.25, -0.2) is 12.8 Å². The van der Waals surface area contributed by atoms with Crippen LogP contribution in [0.25, 0.3) is 0 Å². The quantitative estimate of drug-likeness (QED) is 0.538. The van der Waals surface area contributed by atoms with Crippen LogP contribution in [-0.4, -0.2) is 18.2 Å². The van der Waals surface area contributed by atoms with E-state index in [1.165, 1.54) is 47.3 Å². The van der Waals surface area contributed by atoms with Gasteiger partial charge in [-0.15, -0.1) is 0 Å². The molecule has 11 heteroatoms. The van der Waals surface area contributed by atoms with Crippen LogP contribution in [0.4, 0.5) is 10.2 Å². The minimum Gasteiger partial charge on any atom is -0.264 e.